The number of para-hydroxylation sites is 1. The van der Waals surface area contributed by atoms with E-state index in [0.29, 0.717) is 0 Å². The minimum atomic E-state index is 0. The van der Waals surface area contributed by atoms with Crippen LogP contribution in [0.2, 0.25) is 0 Å². The van der Waals surface area contributed by atoms with Crippen LogP contribution >= 0.6 is 0 Å². The van der Waals surface area contributed by atoms with E-state index in [-0.39, 0.29) is 51.4 Å². The van der Waals surface area contributed by atoms with Crippen molar-refractivity contribution in [1.82, 2.24) is 4.98 Å². The largest absolute Gasteiger partial charge is 1.00 e. The third-order valence-corrected chi connectivity index (χ3v) is 2.59. The van der Waals surface area contributed by atoms with E-state index in [1.165, 1.54) is 16.3 Å². The summed E-state index contributed by atoms with van der Waals surface area (Å²) >= 11 is 0. The average molecular weight is 219 g/mol. The first-order valence-corrected chi connectivity index (χ1v) is 4.76. The molecule has 1 nitrogen and oxygen atoms in total. The first kappa shape index (κ1) is 11.4. The summed E-state index contributed by atoms with van der Waals surface area (Å²) in [6, 6.07) is 14.7. The second-order valence-corrected chi connectivity index (χ2v) is 3.65. The van der Waals surface area contributed by atoms with Gasteiger partial charge in [-0.25, -0.2) is 0 Å². The molecule has 0 saturated heterocycles. The van der Waals surface area contributed by atoms with Crippen molar-refractivity contribution in [1.29, 1.82) is 0 Å². The Bertz CT molecular complexity index is 610. The predicted octanol–water partition coefficient (Wildman–Crippen LogP) is 0.263. The van der Waals surface area contributed by atoms with Gasteiger partial charge < -0.3 is 4.98 Å². The molecule has 0 saturated carbocycles. The van der Waals surface area contributed by atoms with E-state index >= 15 is 0 Å². The molecule has 2 heteroatoms. The molecular formula is C13H10KN. The van der Waals surface area contributed by atoms with Crippen LogP contribution in [0.25, 0.3) is 21.8 Å². The Morgan fingerprint density at radius 2 is 1.60 bits per heavy atom. The standard InChI is InChI=1S/C13H10N.K/c1-9-6-7-13-11(8-9)10-4-2-3-5-12(10)14-13;/h2-8H,1H3;/q-1;+1. The third-order valence-electron chi connectivity index (χ3n) is 2.59. The molecule has 0 fully saturated rings. The molecule has 0 aliphatic rings. The number of benzene rings is 2. The van der Waals surface area contributed by atoms with E-state index in [0.717, 1.165) is 11.0 Å². The summed E-state index contributed by atoms with van der Waals surface area (Å²) in [5.74, 6) is 0. The van der Waals surface area contributed by atoms with Gasteiger partial charge in [0.1, 0.15) is 0 Å². The minimum Gasteiger partial charge on any atom is -0.657 e. The normalized spacial score (nSPS) is 10.5. The van der Waals surface area contributed by atoms with Crippen LogP contribution in [0.5, 0.6) is 0 Å². The SMILES string of the molecule is Cc1ccc2[n-]c3ccccc3c2c1.[K+]. The molecule has 1 heterocycles. The number of aromatic nitrogens is 1. The summed E-state index contributed by atoms with van der Waals surface area (Å²) < 4.78 is 0. The van der Waals surface area contributed by atoms with Crippen LogP contribution in [0.15, 0.2) is 42.5 Å². The summed E-state index contributed by atoms with van der Waals surface area (Å²) in [7, 11) is 0. The molecule has 0 N–H and O–H groups in total. The Morgan fingerprint density at radius 1 is 0.867 bits per heavy atom. The summed E-state index contributed by atoms with van der Waals surface area (Å²) in [5.41, 5.74) is 3.47. The maximum Gasteiger partial charge on any atom is 1.00 e. The average Bonchev–Trinajstić information content (AvgIpc) is 2.56. The van der Waals surface area contributed by atoms with E-state index in [1.54, 1.807) is 0 Å². The van der Waals surface area contributed by atoms with Gasteiger partial charge in [-0.3, -0.25) is 0 Å². The molecule has 0 aliphatic carbocycles. The van der Waals surface area contributed by atoms with Crippen LogP contribution in [-0.2, 0) is 0 Å². The van der Waals surface area contributed by atoms with Crippen molar-refractivity contribution in [3.05, 3.63) is 48.0 Å². The Morgan fingerprint density at radius 3 is 2.47 bits per heavy atom. The van der Waals surface area contributed by atoms with Gasteiger partial charge in [0, 0.05) is 0 Å². The molecule has 0 atom stereocenters. The van der Waals surface area contributed by atoms with Crippen LogP contribution in [0.4, 0.5) is 0 Å². The van der Waals surface area contributed by atoms with E-state index in [9.17, 15) is 0 Å². The number of rotatable bonds is 0. The smallest absolute Gasteiger partial charge is 0.657 e. The van der Waals surface area contributed by atoms with Crippen molar-refractivity contribution in [3.63, 3.8) is 0 Å². The molecule has 3 rings (SSSR count). The van der Waals surface area contributed by atoms with Crippen molar-refractivity contribution < 1.29 is 51.4 Å². The number of hydrogen-bond acceptors (Lipinski definition) is 0. The summed E-state index contributed by atoms with van der Waals surface area (Å²) in [6.07, 6.45) is 0. The quantitative estimate of drug-likeness (QED) is 0.495. The number of hydrogen-bond donors (Lipinski definition) is 0. The van der Waals surface area contributed by atoms with Crippen molar-refractivity contribution in [2.75, 3.05) is 0 Å². The predicted molar refractivity (Wildman–Crippen MR) is 59.5 cm³/mol. The zero-order valence-electron chi connectivity index (χ0n) is 8.99. The van der Waals surface area contributed by atoms with Gasteiger partial charge in [-0.2, -0.15) is 0 Å². The molecule has 0 amide bonds. The summed E-state index contributed by atoms with van der Waals surface area (Å²) in [4.78, 5) is 4.56. The zero-order chi connectivity index (χ0) is 9.54. The molecule has 3 aromatic rings. The van der Waals surface area contributed by atoms with Crippen LogP contribution in [-0.4, -0.2) is 0 Å². The van der Waals surface area contributed by atoms with E-state index in [1.807, 2.05) is 6.07 Å². The third kappa shape index (κ3) is 1.93. The molecule has 0 aliphatic heterocycles. The fourth-order valence-electron chi connectivity index (χ4n) is 1.89. The van der Waals surface area contributed by atoms with Gasteiger partial charge in [-0.05, 0) is 17.7 Å². The van der Waals surface area contributed by atoms with Crippen LogP contribution in [0.3, 0.4) is 0 Å². The molecule has 0 spiro atoms. The van der Waals surface area contributed by atoms with E-state index in [2.05, 4.69) is 48.3 Å². The van der Waals surface area contributed by atoms with Crippen molar-refractivity contribution in [3.8, 4) is 0 Å². The molecular weight excluding hydrogens is 209 g/mol. The topological polar surface area (TPSA) is 14.1 Å². The molecule has 2 aromatic carbocycles. The summed E-state index contributed by atoms with van der Waals surface area (Å²) in [6.45, 7) is 2.11. The fraction of sp³-hybridized carbons (Fsp3) is 0.0769. The number of nitrogens with zero attached hydrogens (tertiary/aromatic N) is 1. The second-order valence-electron chi connectivity index (χ2n) is 3.65. The number of aryl methyl sites for hydroxylation is 1. The Hall–Kier alpha value is -0.124. The van der Waals surface area contributed by atoms with Gasteiger partial charge in [0.25, 0.3) is 0 Å². The van der Waals surface area contributed by atoms with Gasteiger partial charge in [0.15, 0.2) is 0 Å². The Labute approximate surface area is 131 Å². The van der Waals surface area contributed by atoms with Crippen LogP contribution in [0, 0.1) is 6.92 Å². The Balaban J connectivity index is 0.000000853. The van der Waals surface area contributed by atoms with E-state index < -0.39 is 0 Å². The van der Waals surface area contributed by atoms with Gasteiger partial charge >= 0.3 is 51.4 Å². The van der Waals surface area contributed by atoms with Crippen LogP contribution < -0.4 is 56.4 Å². The molecule has 15 heavy (non-hydrogen) atoms. The van der Waals surface area contributed by atoms with Crippen molar-refractivity contribution in [2.24, 2.45) is 0 Å². The monoisotopic (exact) mass is 219 g/mol. The summed E-state index contributed by atoms with van der Waals surface area (Å²) in [5, 5.41) is 2.52. The van der Waals surface area contributed by atoms with Gasteiger partial charge in [0.2, 0.25) is 0 Å². The van der Waals surface area contributed by atoms with Crippen molar-refractivity contribution >= 4 is 21.8 Å². The fourth-order valence-corrected chi connectivity index (χ4v) is 1.89. The van der Waals surface area contributed by atoms with Gasteiger partial charge in [-0.1, -0.05) is 48.0 Å². The zero-order valence-corrected chi connectivity index (χ0v) is 12.1. The van der Waals surface area contributed by atoms with Crippen LogP contribution in [0.1, 0.15) is 5.56 Å². The van der Waals surface area contributed by atoms with Gasteiger partial charge in [0.05, 0.1) is 0 Å². The first-order chi connectivity index (χ1) is 6.84. The Kier molecular flexibility index (Phi) is 3.33. The molecule has 0 radical (unpaired) electrons. The second kappa shape index (κ2) is 4.40. The molecule has 1 aromatic heterocycles. The van der Waals surface area contributed by atoms with Crippen molar-refractivity contribution in [2.45, 2.75) is 6.92 Å². The maximum atomic E-state index is 4.56. The van der Waals surface area contributed by atoms with Gasteiger partial charge in [-0.15, -0.1) is 11.0 Å². The van der Waals surface area contributed by atoms with E-state index in [4.69, 9.17) is 0 Å². The molecule has 0 bridgehead atoms. The number of fused-ring (bicyclic) bond motifs is 3. The molecule has 0 unspecified atom stereocenters. The minimum absolute atomic E-state index is 0. The maximum absolute atomic E-state index is 4.56. The first-order valence-electron chi connectivity index (χ1n) is 4.76. The molecule has 68 valence electrons.